The lowest BCUT2D eigenvalue weighted by atomic mass is 10.0. The van der Waals surface area contributed by atoms with E-state index in [0.29, 0.717) is 12.5 Å². The van der Waals surface area contributed by atoms with Gasteiger partial charge in [-0.3, -0.25) is 0 Å². The number of aromatic amines is 1. The Morgan fingerprint density at radius 3 is 2.40 bits per heavy atom. The van der Waals surface area contributed by atoms with E-state index in [2.05, 4.69) is 4.98 Å². The Labute approximate surface area is 112 Å². The standard InChI is InChI=1S/C14H10F5N/c1-2-8-5-6-20-11(7-8)9-3-4-10(15)12(13(9)16)14(17,18)19/h3-7H,2H2,1H3/p+1. The highest BCUT2D eigenvalue weighted by Crippen LogP contribution is 2.36. The summed E-state index contributed by atoms with van der Waals surface area (Å²) in [6.07, 6.45) is -2.92. The van der Waals surface area contributed by atoms with Crippen LogP contribution in [-0.2, 0) is 12.6 Å². The number of benzene rings is 1. The van der Waals surface area contributed by atoms with Crippen LogP contribution in [0.2, 0.25) is 0 Å². The molecule has 0 saturated heterocycles. The number of aromatic nitrogens is 1. The third kappa shape index (κ3) is 2.64. The molecule has 20 heavy (non-hydrogen) atoms. The molecule has 0 saturated carbocycles. The zero-order valence-electron chi connectivity index (χ0n) is 10.5. The Balaban J connectivity index is 2.64. The average molecular weight is 288 g/mol. The Hall–Kier alpha value is -1.98. The Morgan fingerprint density at radius 2 is 1.80 bits per heavy atom. The normalized spacial score (nSPS) is 11.7. The molecule has 0 aliphatic rings. The van der Waals surface area contributed by atoms with E-state index in [-0.39, 0.29) is 11.3 Å². The summed E-state index contributed by atoms with van der Waals surface area (Å²) in [5.41, 5.74) is -1.18. The smallest absolute Gasteiger partial charge is 0.211 e. The maximum Gasteiger partial charge on any atom is 0.422 e. The SMILES string of the molecule is CCc1cc[nH+]c(-c2ccc(F)c(C(F)(F)F)c2F)c1. The fourth-order valence-electron chi connectivity index (χ4n) is 1.91. The Morgan fingerprint density at radius 1 is 1.10 bits per heavy atom. The van der Waals surface area contributed by atoms with E-state index in [9.17, 15) is 22.0 Å². The predicted octanol–water partition coefficient (Wildman–Crippen LogP) is 4.03. The van der Waals surface area contributed by atoms with Gasteiger partial charge in [0.1, 0.15) is 11.4 Å². The molecule has 1 aromatic carbocycles. The second kappa shape index (κ2) is 5.19. The van der Waals surface area contributed by atoms with Gasteiger partial charge in [0, 0.05) is 12.1 Å². The number of pyridine rings is 1. The second-order valence-corrected chi connectivity index (χ2v) is 4.25. The number of rotatable bonds is 2. The lowest BCUT2D eigenvalue weighted by molar-refractivity contribution is -0.364. The van der Waals surface area contributed by atoms with Crippen molar-refractivity contribution in [2.45, 2.75) is 19.5 Å². The molecule has 0 aliphatic carbocycles. The summed E-state index contributed by atoms with van der Waals surface area (Å²) in [5.74, 6) is -3.23. The molecule has 1 heterocycles. The van der Waals surface area contributed by atoms with Crippen molar-refractivity contribution in [3.05, 3.63) is 53.2 Å². The van der Waals surface area contributed by atoms with E-state index >= 15 is 0 Å². The predicted molar refractivity (Wildman–Crippen MR) is 62.7 cm³/mol. The quantitative estimate of drug-likeness (QED) is 0.741. The Bertz CT molecular complexity index is 634. The number of halogens is 5. The fraction of sp³-hybridized carbons (Fsp3) is 0.214. The highest BCUT2D eigenvalue weighted by molar-refractivity contribution is 5.59. The fourth-order valence-corrected chi connectivity index (χ4v) is 1.91. The van der Waals surface area contributed by atoms with Gasteiger partial charge in [0.2, 0.25) is 5.69 Å². The van der Waals surface area contributed by atoms with Crippen LogP contribution in [0.4, 0.5) is 22.0 Å². The van der Waals surface area contributed by atoms with Crippen molar-refractivity contribution in [1.29, 1.82) is 0 Å². The summed E-state index contributed by atoms with van der Waals surface area (Å²) in [7, 11) is 0. The molecule has 2 rings (SSSR count). The monoisotopic (exact) mass is 288 g/mol. The average Bonchev–Trinajstić information content (AvgIpc) is 2.37. The molecular formula is C14H11F5N+. The summed E-state index contributed by atoms with van der Waals surface area (Å²) in [4.78, 5) is 2.67. The van der Waals surface area contributed by atoms with E-state index < -0.39 is 23.4 Å². The third-order valence-electron chi connectivity index (χ3n) is 2.94. The van der Waals surface area contributed by atoms with Crippen LogP contribution in [0.15, 0.2) is 30.5 Å². The summed E-state index contributed by atoms with van der Waals surface area (Å²) < 4.78 is 65.2. The van der Waals surface area contributed by atoms with Crippen LogP contribution < -0.4 is 4.98 Å². The Kier molecular flexibility index (Phi) is 3.74. The van der Waals surface area contributed by atoms with Crippen molar-refractivity contribution >= 4 is 0 Å². The van der Waals surface area contributed by atoms with Crippen LogP contribution in [0.1, 0.15) is 18.1 Å². The molecule has 0 spiro atoms. The first-order valence-corrected chi connectivity index (χ1v) is 5.90. The molecule has 0 amide bonds. The highest BCUT2D eigenvalue weighted by atomic mass is 19.4. The molecule has 0 unspecified atom stereocenters. The molecule has 0 atom stereocenters. The van der Waals surface area contributed by atoms with E-state index in [4.69, 9.17) is 0 Å². The van der Waals surface area contributed by atoms with Crippen molar-refractivity contribution in [3.63, 3.8) is 0 Å². The topological polar surface area (TPSA) is 14.1 Å². The minimum atomic E-state index is -5.08. The second-order valence-electron chi connectivity index (χ2n) is 4.25. The van der Waals surface area contributed by atoms with Gasteiger partial charge in [-0.05, 0) is 24.1 Å². The molecule has 1 nitrogen and oxygen atoms in total. The van der Waals surface area contributed by atoms with Crippen LogP contribution in [0.25, 0.3) is 11.3 Å². The molecule has 2 aromatic rings. The van der Waals surface area contributed by atoms with Crippen molar-refractivity contribution < 1.29 is 26.9 Å². The number of hydrogen-bond donors (Lipinski definition) is 0. The summed E-state index contributed by atoms with van der Waals surface area (Å²) in [6.45, 7) is 1.86. The number of H-pyrrole nitrogens is 1. The minimum Gasteiger partial charge on any atom is -0.211 e. The van der Waals surface area contributed by atoms with Crippen LogP contribution in [0, 0.1) is 11.6 Å². The molecule has 0 bridgehead atoms. The maximum atomic E-state index is 14.0. The molecule has 106 valence electrons. The summed E-state index contributed by atoms with van der Waals surface area (Å²) in [6, 6.07) is 4.88. The molecule has 0 aliphatic heterocycles. The molecule has 1 N–H and O–H groups in total. The molecule has 0 radical (unpaired) electrons. The molecule has 1 aromatic heterocycles. The molecular weight excluding hydrogens is 277 g/mol. The van der Waals surface area contributed by atoms with Gasteiger partial charge < -0.3 is 0 Å². The van der Waals surface area contributed by atoms with Gasteiger partial charge in [-0.25, -0.2) is 13.8 Å². The summed E-state index contributed by atoms with van der Waals surface area (Å²) in [5, 5.41) is 0. The van der Waals surface area contributed by atoms with Gasteiger partial charge in [0.05, 0.1) is 5.56 Å². The first-order valence-electron chi connectivity index (χ1n) is 5.90. The maximum absolute atomic E-state index is 14.0. The number of alkyl halides is 3. The zero-order valence-corrected chi connectivity index (χ0v) is 10.5. The number of aryl methyl sites for hydroxylation is 1. The van der Waals surface area contributed by atoms with Crippen LogP contribution in [0.3, 0.4) is 0 Å². The zero-order chi connectivity index (χ0) is 14.9. The minimum absolute atomic E-state index is 0.173. The molecule has 6 heteroatoms. The van der Waals surface area contributed by atoms with Crippen LogP contribution in [-0.4, -0.2) is 0 Å². The van der Waals surface area contributed by atoms with Crippen molar-refractivity contribution in [1.82, 2.24) is 0 Å². The van der Waals surface area contributed by atoms with Crippen LogP contribution >= 0.6 is 0 Å². The van der Waals surface area contributed by atoms with Crippen molar-refractivity contribution in [2.75, 3.05) is 0 Å². The first-order chi connectivity index (χ1) is 9.34. The largest absolute Gasteiger partial charge is 0.422 e. The van der Waals surface area contributed by atoms with Crippen LogP contribution in [0.5, 0.6) is 0 Å². The van der Waals surface area contributed by atoms with Gasteiger partial charge in [0.15, 0.2) is 12.0 Å². The first kappa shape index (κ1) is 14.4. The van der Waals surface area contributed by atoms with Crippen molar-refractivity contribution in [2.24, 2.45) is 0 Å². The van der Waals surface area contributed by atoms with E-state index in [1.807, 2.05) is 6.92 Å². The lowest BCUT2D eigenvalue weighted by Crippen LogP contribution is -2.14. The summed E-state index contributed by atoms with van der Waals surface area (Å²) >= 11 is 0. The van der Waals surface area contributed by atoms with E-state index in [0.717, 1.165) is 11.6 Å². The van der Waals surface area contributed by atoms with E-state index in [1.54, 1.807) is 6.07 Å². The van der Waals surface area contributed by atoms with E-state index in [1.165, 1.54) is 12.3 Å². The lowest BCUT2D eigenvalue weighted by Gasteiger charge is -2.10. The van der Waals surface area contributed by atoms with Gasteiger partial charge in [-0.2, -0.15) is 13.2 Å². The van der Waals surface area contributed by atoms with Gasteiger partial charge >= 0.3 is 6.18 Å². The highest BCUT2D eigenvalue weighted by Gasteiger charge is 2.39. The molecule has 0 fully saturated rings. The number of hydrogen-bond acceptors (Lipinski definition) is 0. The van der Waals surface area contributed by atoms with Gasteiger partial charge in [-0.15, -0.1) is 0 Å². The van der Waals surface area contributed by atoms with Gasteiger partial charge in [-0.1, -0.05) is 6.92 Å². The number of nitrogens with one attached hydrogen (secondary N) is 1. The van der Waals surface area contributed by atoms with Gasteiger partial charge in [0.25, 0.3) is 0 Å². The third-order valence-corrected chi connectivity index (χ3v) is 2.94. The van der Waals surface area contributed by atoms with Crippen molar-refractivity contribution in [3.8, 4) is 11.3 Å².